The van der Waals surface area contributed by atoms with Crippen molar-refractivity contribution in [3.63, 3.8) is 0 Å². The van der Waals surface area contributed by atoms with E-state index in [1.54, 1.807) is 26.2 Å². The second-order valence-electron chi connectivity index (χ2n) is 8.03. The quantitative estimate of drug-likeness (QED) is 0.209. The van der Waals surface area contributed by atoms with E-state index >= 15 is 0 Å². The number of likely N-dealkylation sites (N-methyl/N-ethyl adjacent to an activating group) is 1. The predicted molar refractivity (Wildman–Crippen MR) is 118 cm³/mol. The largest absolute Gasteiger partial charge is 0.356 e. The molecule has 1 aliphatic rings. The molecule has 0 atom stereocenters. The van der Waals surface area contributed by atoms with Gasteiger partial charge in [0, 0.05) is 32.8 Å². The number of nitro benzene ring substituents is 1. The molecule has 30 heavy (non-hydrogen) atoms. The molecule has 166 valence electrons. The van der Waals surface area contributed by atoms with Crippen LogP contribution in [0, 0.1) is 16.0 Å². The molecule has 9 heteroatoms. The fourth-order valence-corrected chi connectivity index (χ4v) is 3.18. The summed E-state index contributed by atoms with van der Waals surface area (Å²) < 4.78 is 0. The van der Waals surface area contributed by atoms with Crippen molar-refractivity contribution < 1.29 is 9.72 Å². The Morgan fingerprint density at radius 1 is 1.23 bits per heavy atom. The molecule has 0 aromatic heterocycles. The number of hydrogen-bond donors (Lipinski definition) is 2. The van der Waals surface area contributed by atoms with Crippen molar-refractivity contribution in [3.8, 4) is 0 Å². The highest BCUT2D eigenvalue weighted by atomic mass is 16.6. The van der Waals surface area contributed by atoms with E-state index in [-0.39, 0.29) is 18.1 Å². The Morgan fingerprint density at radius 2 is 1.90 bits per heavy atom. The van der Waals surface area contributed by atoms with E-state index in [2.05, 4.69) is 27.4 Å². The molecule has 1 amide bonds. The molecule has 0 bridgehead atoms. The average molecular weight is 419 g/mol. The number of benzene rings is 1. The van der Waals surface area contributed by atoms with Gasteiger partial charge in [-0.25, -0.2) is 4.99 Å². The van der Waals surface area contributed by atoms with Crippen LogP contribution < -0.4 is 10.6 Å². The first kappa shape index (κ1) is 23.6. The summed E-state index contributed by atoms with van der Waals surface area (Å²) in [5.74, 6) is 1.36. The molecule has 2 N–H and O–H groups in total. The maximum absolute atomic E-state index is 11.9. The van der Waals surface area contributed by atoms with Crippen molar-refractivity contribution in [2.24, 2.45) is 10.9 Å². The number of nitrogens with zero attached hydrogens (tertiary/aromatic N) is 4. The van der Waals surface area contributed by atoms with Gasteiger partial charge in [0.1, 0.15) is 0 Å². The Hall–Kier alpha value is -2.68. The molecule has 1 aromatic carbocycles. The summed E-state index contributed by atoms with van der Waals surface area (Å²) in [6, 6.07) is 6.34. The smallest absolute Gasteiger partial charge is 0.269 e. The van der Waals surface area contributed by atoms with Crippen LogP contribution >= 0.6 is 0 Å². The van der Waals surface area contributed by atoms with Crippen molar-refractivity contribution in [2.75, 3.05) is 46.8 Å². The standard InChI is InChI=1S/C21H34N6O3/c1-17-9-13-26(14-10-17)12-4-11-22-21(24-16-20(28)25(2)3)23-15-18-5-7-19(8-6-18)27(29)30/h5-8,17H,4,9-16H2,1-3H3,(H2,22,23,24). The van der Waals surface area contributed by atoms with Crippen molar-refractivity contribution >= 4 is 17.6 Å². The molecule has 0 radical (unpaired) electrons. The average Bonchev–Trinajstić information content (AvgIpc) is 2.73. The first-order valence-electron chi connectivity index (χ1n) is 10.5. The highest BCUT2D eigenvalue weighted by Crippen LogP contribution is 2.15. The van der Waals surface area contributed by atoms with E-state index in [9.17, 15) is 14.9 Å². The van der Waals surface area contributed by atoms with Crippen LogP contribution in [0.3, 0.4) is 0 Å². The second kappa shape index (κ2) is 12.1. The fourth-order valence-electron chi connectivity index (χ4n) is 3.18. The third-order valence-corrected chi connectivity index (χ3v) is 5.29. The highest BCUT2D eigenvalue weighted by Gasteiger charge is 2.15. The van der Waals surface area contributed by atoms with Crippen LogP contribution in [0.4, 0.5) is 5.69 Å². The second-order valence-corrected chi connectivity index (χ2v) is 8.03. The van der Waals surface area contributed by atoms with Crippen LogP contribution in [0.2, 0.25) is 0 Å². The number of guanidine groups is 1. The summed E-state index contributed by atoms with van der Waals surface area (Å²) in [4.78, 5) is 30.8. The minimum Gasteiger partial charge on any atom is -0.356 e. The third kappa shape index (κ3) is 8.36. The maximum Gasteiger partial charge on any atom is 0.269 e. The van der Waals surface area contributed by atoms with Gasteiger partial charge in [-0.3, -0.25) is 14.9 Å². The lowest BCUT2D eigenvalue weighted by atomic mass is 9.99. The minimum absolute atomic E-state index is 0.0396. The van der Waals surface area contributed by atoms with Crippen LogP contribution in [-0.4, -0.2) is 73.4 Å². The van der Waals surface area contributed by atoms with Crippen molar-refractivity contribution in [1.29, 1.82) is 0 Å². The zero-order valence-electron chi connectivity index (χ0n) is 18.3. The predicted octanol–water partition coefficient (Wildman–Crippen LogP) is 1.84. The summed E-state index contributed by atoms with van der Waals surface area (Å²) in [5, 5.41) is 17.1. The summed E-state index contributed by atoms with van der Waals surface area (Å²) in [7, 11) is 3.43. The first-order valence-corrected chi connectivity index (χ1v) is 10.5. The van der Waals surface area contributed by atoms with Gasteiger partial charge in [0.05, 0.1) is 18.0 Å². The van der Waals surface area contributed by atoms with Crippen molar-refractivity contribution in [1.82, 2.24) is 20.4 Å². The number of hydrogen-bond acceptors (Lipinski definition) is 5. The van der Waals surface area contributed by atoms with Gasteiger partial charge >= 0.3 is 0 Å². The van der Waals surface area contributed by atoms with Crippen LogP contribution in [0.15, 0.2) is 29.3 Å². The maximum atomic E-state index is 11.9. The molecule has 1 heterocycles. The topological polar surface area (TPSA) is 103 Å². The van der Waals surface area contributed by atoms with E-state index in [0.29, 0.717) is 12.5 Å². The molecular weight excluding hydrogens is 384 g/mol. The van der Waals surface area contributed by atoms with E-state index in [1.165, 1.54) is 29.9 Å². The lowest BCUT2D eigenvalue weighted by Gasteiger charge is -2.30. The van der Waals surface area contributed by atoms with Gasteiger partial charge in [0.25, 0.3) is 5.69 Å². The van der Waals surface area contributed by atoms with Crippen LogP contribution in [0.5, 0.6) is 0 Å². The van der Waals surface area contributed by atoms with Gasteiger partial charge in [0.2, 0.25) is 5.91 Å². The van der Waals surface area contributed by atoms with E-state index < -0.39 is 4.92 Å². The molecule has 0 spiro atoms. The van der Waals surface area contributed by atoms with E-state index in [1.807, 2.05) is 0 Å². The number of aliphatic imine (C=N–C) groups is 1. The van der Waals surface area contributed by atoms with Gasteiger partial charge in [-0.05, 0) is 50.4 Å². The number of piperidine rings is 1. The molecule has 1 saturated heterocycles. The summed E-state index contributed by atoms with van der Waals surface area (Å²) in [6.45, 7) is 6.97. The lowest BCUT2D eigenvalue weighted by molar-refractivity contribution is -0.384. The Kier molecular flexibility index (Phi) is 9.53. The SMILES string of the molecule is CC1CCN(CCCNC(=NCc2ccc([N+](=O)[O-])cc2)NCC(=O)N(C)C)CC1. The van der Waals surface area contributed by atoms with Gasteiger partial charge in [-0.2, -0.15) is 0 Å². The van der Waals surface area contributed by atoms with Crippen LogP contribution in [-0.2, 0) is 11.3 Å². The summed E-state index contributed by atoms with van der Waals surface area (Å²) in [6.07, 6.45) is 3.53. The Labute approximate surface area is 178 Å². The first-order chi connectivity index (χ1) is 14.3. The number of carbonyl (C=O) groups excluding carboxylic acids is 1. The monoisotopic (exact) mass is 418 g/mol. The molecule has 1 aromatic rings. The molecule has 0 saturated carbocycles. The number of amides is 1. The van der Waals surface area contributed by atoms with Gasteiger partial charge in [0.15, 0.2) is 5.96 Å². The third-order valence-electron chi connectivity index (χ3n) is 5.29. The summed E-state index contributed by atoms with van der Waals surface area (Å²) >= 11 is 0. The number of rotatable bonds is 9. The molecule has 9 nitrogen and oxygen atoms in total. The lowest BCUT2D eigenvalue weighted by Crippen LogP contribution is -2.43. The Morgan fingerprint density at radius 3 is 2.50 bits per heavy atom. The molecule has 0 unspecified atom stereocenters. The number of carbonyl (C=O) groups is 1. The fraction of sp³-hybridized carbons (Fsp3) is 0.619. The van der Waals surface area contributed by atoms with E-state index in [0.717, 1.165) is 44.1 Å². The molecule has 1 aliphatic heterocycles. The Balaban J connectivity index is 1.86. The zero-order chi connectivity index (χ0) is 21.9. The van der Waals surface area contributed by atoms with Crippen LogP contribution in [0.1, 0.15) is 31.7 Å². The molecule has 2 rings (SSSR count). The number of nitro groups is 1. The minimum atomic E-state index is -0.419. The molecule has 1 fully saturated rings. The van der Waals surface area contributed by atoms with E-state index in [4.69, 9.17) is 0 Å². The van der Waals surface area contributed by atoms with Gasteiger partial charge in [-0.1, -0.05) is 19.1 Å². The van der Waals surface area contributed by atoms with Gasteiger partial charge in [-0.15, -0.1) is 0 Å². The number of nitrogens with one attached hydrogen (secondary N) is 2. The molecule has 0 aliphatic carbocycles. The summed E-state index contributed by atoms with van der Waals surface area (Å²) in [5.41, 5.74) is 0.922. The number of likely N-dealkylation sites (tertiary alicyclic amines) is 1. The molecular formula is C21H34N6O3. The number of non-ortho nitro benzene ring substituents is 1. The zero-order valence-corrected chi connectivity index (χ0v) is 18.3. The van der Waals surface area contributed by atoms with Crippen molar-refractivity contribution in [2.45, 2.75) is 32.7 Å². The normalized spacial score (nSPS) is 15.6. The van der Waals surface area contributed by atoms with Crippen molar-refractivity contribution in [3.05, 3.63) is 39.9 Å². The van der Waals surface area contributed by atoms with Crippen LogP contribution in [0.25, 0.3) is 0 Å². The highest BCUT2D eigenvalue weighted by molar-refractivity contribution is 5.86. The van der Waals surface area contributed by atoms with Gasteiger partial charge < -0.3 is 20.4 Å². The Bertz CT molecular complexity index is 712.